The molecule has 0 aromatic carbocycles. The van der Waals surface area contributed by atoms with Gasteiger partial charge in [0.2, 0.25) is 0 Å². The summed E-state index contributed by atoms with van der Waals surface area (Å²) in [5, 5.41) is 50.5. The van der Waals surface area contributed by atoms with Gasteiger partial charge in [-0.15, -0.1) is 0 Å². The molecule has 184 valence electrons. The van der Waals surface area contributed by atoms with E-state index in [1.54, 1.807) is 6.92 Å². The molecule has 9 nitrogen and oxygen atoms in total. The minimum Gasteiger partial charge on any atom is -0.459 e. The van der Waals surface area contributed by atoms with Gasteiger partial charge in [0.15, 0.2) is 6.29 Å². The van der Waals surface area contributed by atoms with Crippen molar-refractivity contribution in [3.8, 4) is 0 Å². The van der Waals surface area contributed by atoms with Gasteiger partial charge in [0.1, 0.15) is 30.5 Å². The first-order valence-electron chi connectivity index (χ1n) is 11.2. The number of cyclic esters (lactones) is 1. The van der Waals surface area contributed by atoms with E-state index in [4.69, 9.17) is 14.2 Å². The zero-order chi connectivity index (χ0) is 24.1. The van der Waals surface area contributed by atoms with Crippen LogP contribution in [0.3, 0.4) is 0 Å². The van der Waals surface area contributed by atoms with E-state index in [1.807, 2.05) is 26.8 Å². The molecule has 0 bridgehead atoms. The number of allylic oxidation sites excluding steroid dienone is 1. The van der Waals surface area contributed by atoms with Crippen molar-refractivity contribution < 1.29 is 44.5 Å². The lowest BCUT2D eigenvalue weighted by Crippen LogP contribution is -2.59. The SMILES string of the molecule is CC1=CCCC(C)C(C)OC(=O)C=CC(C)(O)CCC1OC1OC(CO)C(O)C(O)C1O. The van der Waals surface area contributed by atoms with Crippen molar-refractivity contribution in [2.24, 2.45) is 5.92 Å². The second kappa shape index (κ2) is 11.7. The average Bonchev–Trinajstić information content (AvgIpc) is 2.74. The molecule has 0 aromatic rings. The first kappa shape index (κ1) is 26.9. The van der Waals surface area contributed by atoms with Crippen molar-refractivity contribution in [1.82, 2.24) is 0 Å². The van der Waals surface area contributed by atoms with Gasteiger partial charge in [-0.2, -0.15) is 0 Å². The Balaban J connectivity index is 2.23. The second-order valence-electron chi connectivity index (χ2n) is 9.20. The molecule has 0 radical (unpaired) electrons. The third-order valence-electron chi connectivity index (χ3n) is 6.34. The Bertz CT molecular complexity index is 672. The summed E-state index contributed by atoms with van der Waals surface area (Å²) in [6, 6.07) is 0. The molecule has 9 atom stereocenters. The molecule has 5 N–H and O–H groups in total. The number of aliphatic hydroxyl groups excluding tert-OH is 4. The van der Waals surface area contributed by atoms with Crippen LogP contribution in [0.15, 0.2) is 23.8 Å². The predicted molar refractivity (Wildman–Crippen MR) is 115 cm³/mol. The van der Waals surface area contributed by atoms with Crippen LogP contribution in [0, 0.1) is 5.92 Å². The van der Waals surface area contributed by atoms with Crippen LogP contribution >= 0.6 is 0 Å². The summed E-state index contributed by atoms with van der Waals surface area (Å²) < 4.78 is 16.9. The van der Waals surface area contributed by atoms with E-state index in [0.717, 1.165) is 12.0 Å². The van der Waals surface area contributed by atoms with Crippen molar-refractivity contribution in [1.29, 1.82) is 0 Å². The normalized spacial score (nSPS) is 42.7. The highest BCUT2D eigenvalue weighted by molar-refractivity contribution is 5.82. The summed E-state index contributed by atoms with van der Waals surface area (Å²) in [6.45, 7) is 6.73. The summed E-state index contributed by atoms with van der Waals surface area (Å²) in [6.07, 6.45) is -1.05. The summed E-state index contributed by atoms with van der Waals surface area (Å²) in [7, 11) is 0. The quantitative estimate of drug-likeness (QED) is 0.302. The number of rotatable bonds is 3. The number of ether oxygens (including phenoxy) is 3. The molecule has 2 aliphatic rings. The highest BCUT2D eigenvalue weighted by Gasteiger charge is 2.45. The molecule has 9 heteroatoms. The van der Waals surface area contributed by atoms with Gasteiger partial charge in [0.25, 0.3) is 0 Å². The topological polar surface area (TPSA) is 146 Å². The highest BCUT2D eigenvalue weighted by atomic mass is 16.7. The standard InChI is InChI=1S/C23H38O9/c1-13-6-5-7-14(2)16(8-10-23(4,29)11-9-18(25)30-15(13)3)31-22-21(28)20(27)19(26)17(12-24)32-22/h7,9,11,13,15-17,19-22,24,26-29H,5-6,8,10,12H2,1-4H3. The summed E-state index contributed by atoms with van der Waals surface area (Å²) in [5.41, 5.74) is -0.453. The minimum atomic E-state index is -1.53. The summed E-state index contributed by atoms with van der Waals surface area (Å²) in [5.74, 6) is -0.396. The van der Waals surface area contributed by atoms with Gasteiger partial charge in [0, 0.05) is 6.08 Å². The molecule has 2 heterocycles. The molecule has 2 aliphatic heterocycles. The van der Waals surface area contributed by atoms with Gasteiger partial charge in [-0.25, -0.2) is 4.79 Å². The third kappa shape index (κ3) is 7.34. The van der Waals surface area contributed by atoms with Crippen LogP contribution in [-0.2, 0) is 19.0 Å². The minimum absolute atomic E-state index is 0.115. The van der Waals surface area contributed by atoms with E-state index in [-0.39, 0.29) is 18.4 Å². The molecular formula is C23H38O9. The summed E-state index contributed by atoms with van der Waals surface area (Å²) in [4.78, 5) is 12.1. The lowest BCUT2D eigenvalue weighted by molar-refractivity contribution is -0.309. The molecule has 0 aromatic heterocycles. The van der Waals surface area contributed by atoms with Crippen molar-refractivity contribution in [2.75, 3.05) is 6.61 Å². The van der Waals surface area contributed by atoms with Crippen LogP contribution < -0.4 is 0 Å². The highest BCUT2D eigenvalue weighted by Crippen LogP contribution is 2.28. The molecule has 32 heavy (non-hydrogen) atoms. The van der Waals surface area contributed by atoms with Crippen molar-refractivity contribution in [2.45, 2.75) is 102 Å². The Morgan fingerprint density at radius 2 is 1.84 bits per heavy atom. The van der Waals surface area contributed by atoms with E-state index < -0.39 is 55.0 Å². The molecule has 0 amide bonds. The third-order valence-corrected chi connectivity index (χ3v) is 6.34. The number of aliphatic hydroxyl groups is 5. The number of carbonyl (C=O) groups is 1. The van der Waals surface area contributed by atoms with Crippen LogP contribution in [0.4, 0.5) is 0 Å². The van der Waals surface area contributed by atoms with Gasteiger partial charge in [-0.3, -0.25) is 0 Å². The number of esters is 1. The van der Waals surface area contributed by atoms with Gasteiger partial charge in [-0.05, 0) is 64.0 Å². The smallest absolute Gasteiger partial charge is 0.330 e. The lowest BCUT2D eigenvalue weighted by atomic mass is 9.93. The number of carbonyl (C=O) groups excluding carboxylic acids is 1. The molecule has 1 saturated heterocycles. The van der Waals surface area contributed by atoms with Gasteiger partial charge in [-0.1, -0.05) is 13.0 Å². The first-order valence-corrected chi connectivity index (χ1v) is 11.2. The predicted octanol–water partition coefficient (Wildman–Crippen LogP) is 0.567. The Labute approximate surface area is 189 Å². The summed E-state index contributed by atoms with van der Waals surface area (Å²) >= 11 is 0. The van der Waals surface area contributed by atoms with Gasteiger partial charge >= 0.3 is 5.97 Å². The molecular weight excluding hydrogens is 420 g/mol. The lowest BCUT2D eigenvalue weighted by Gasteiger charge is -2.41. The molecule has 2 rings (SSSR count). The largest absolute Gasteiger partial charge is 0.459 e. The van der Waals surface area contributed by atoms with Crippen LogP contribution in [0.1, 0.15) is 53.4 Å². The molecule has 9 unspecified atom stereocenters. The Hall–Kier alpha value is -1.33. The Kier molecular flexibility index (Phi) is 9.84. The zero-order valence-corrected chi connectivity index (χ0v) is 19.3. The molecule has 0 saturated carbocycles. The number of hydrogen-bond acceptors (Lipinski definition) is 9. The number of hydrogen-bond donors (Lipinski definition) is 5. The maximum Gasteiger partial charge on any atom is 0.330 e. The van der Waals surface area contributed by atoms with Gasteiger partial charge < -0.3 is 39.7 Å². The fourth-order valence-corrected chi connectivity index (χ4v) is 3.78. The first-order chi connectivity index (χ1) is 14.9. The van der Waals surface area contributed by atoms with Crippen molar-refractivity contribution in [3.05, 3.63) is 23.8 Å². The average molecular weight is 459 g/mol. The van der Waals surface area contributed by atoms with Crippen molar-refractivity contribution >= 4 is 5.97 Å². The molecule has 0 aliphatic carbocycles. The Morgan fingerprint density at radius 1 is 1.16 bits per heavy atom. The Morgan fingerprint density at radius 3 is 2.50 bits per heavy atom. The fourth-order valence-electron chi connectivity index (χ4n) is 3.78. The van der Waals surface area contributed by atoms with Crippen LogP contribution in [0.25, 0.3) is 0 Å². The second-order valence-corrected chi connectivity index (χ2v) is 9.20. The van der Waals surface area contributed by atoms with Crippen molar-refractivity contribution in [3.63, 3.8) is 0 Å². The van der Waals surface area contributed by atoms with E-state index in [1.165, 1.54) is 12.2 Å². The molecule has 0 spiro atoms. The van der Waals surface area contributed by atoms with Gasteiger partial charge in [0.05, 0.1) is 18.3 Å². The van der Waals surface area contributed by atoms with E-state index in [2.05, 4.69) is 0 Å². The molecule has 1 fully saturated rings. The zero-order valence-electron chi connectivity index (χ0n) is 19.3. The maximum absolute atomic E-state index is 12.1. The van der Waals surface area contributed by atoms with Crippen LogP contribution in [0.5, 0.6) is 0 Å². The maximum atomic E-state index is 12.1. The fraction of sp³-hybridized carbons (Fsp3) is 0.783. The monoisotopic (exact) mass is 458 g/mol. The van der Waals surface area contributed by atoms with Crippen LogP contribution in [0.2, 0.25) is 0 Å². The van der Waals surface area contributed by atoms with E-state index in [9.17, 15) is 30.3 Å². The van der Waals surface area contributed by atoms with E-state index in [0.29, 0.717) is 12.8 Å². The van der Waals surface area contributed by atoms with E-state index >= 15 is 0 Å². The van der Waals surface area contributed by atoms with Crippen LogP contribution in [-0.4, -0.2) is 86.6 Å².